The molecule has 3 N–H and O–H groups in total. The van der Waals surface area contributed by atoms with Gasteiger partial charge in [-0.25, -0.2) is 0 Å². The van der Waals surface area contributed by atoms with Crippen LogP contribution in [0.25, 0.3) is 0 Å². The van der Waals surface area contributed by atoms with Crippen molar-refractivity contribution < 1.29 is 9.84 Å². The van der Waals surface area contributed by atoms with Crippen molar-refractivity contribution in [2.75, 3.05) is 20.3 Å². The number of aliphatic hydroxyl groups is 1. The Labute approximate surface area is 133 Å². The van der Waals surface area contributed by atoms with E-state index < -0.39 is 0 Å². The summed E-state index contributed by atoms with van der Waals surface area (Å²) in [7, 11) is 1.79. The van der Waals surface area contributed by atoms with Crippen LogP contribution in [0.2, 0.25) is 0 Å². The molecular weight excluding hydrogens is 274 g/mol. The average Bonchev–Trinajstić information content (AvgIpc) is 2.95. The normalized spacial score (nSPS) is 31.2. The summed E-state index contributed by atoms with van der Waals surface area (Å²) in [5.41, 5.74) is 10.4. The largest absolute Gasteiger partial charge is 0.394 e. The third kappa shape index (κ3) is 3.37. The van der Waals surface area contributed by atoms with Gasteiger partial charge in [-0.2, -0.15) is 0 Å². The second kappa shape index (κ2) is 6.69. The van der Waals surface area contributed by atoms with Crippen molar-refractivity contribution in [1.82, 2.24) is 0 Å². The third-order valence-corrected chi connectivity index (χ3v) is 5.72. The predicted octanol–water partition coefficient (Wildman–Crippen LogP) is 2.79. The van der Waals surface area contributed by atoms with Crippen LogP contribution in [0.1, 0.15) is 54.7 Å². The molecule has 1 aromatic carbocycles. The van der Waals surface area contributed by atoms with E-state index in [0.717, 1.165) is 31.8 Å². The molecule has 0 bridgehead atoms. The third-order valence-electron chi connectivity index (χ3n) is 5.72. The highest BCUT2D eigenvalue weighted by Crippen LogP contribution is 2.40. The van der Waals surface area contributed by atoms with E-state index in [1.807, 2.05) is 0 Å². The quantitative estimate of drug-likeness (QED) is 0.879. The maximum atomic E-state index is 9.45. The van der Waals surface area contributed by atoms with Crippen LogP contribution in [0.3, 0.4) is 0 Å². The van der Waals surface area contributed by atoms with Crippen molar-refractivity contribution in [3.63, 3.8) is 0 Å². The van der Waals surface area contributed by atoms with Crippen molar-refractivity contribution >= 4 is 0 Å². The molecule has 0 radical (unpaired) electrons. The highest BCUT2D eigenvalue weighted by atomic mass is 16.5. The van der Waals surface area contributed by atoms with Crippen molar-refractivity contribution in [2.24, 2.45) is 11.7 Å². The van der Waals surface area contributed by atoms with Gasteiger partial charge in [-0.15, -0.1) is 0 Å². The molecule has 1 fully saturated rings. The fourth-order valence-electron chi connectivity index (χ4n) is 4.22. The molecule has 0 aliphatic heterocycles. The summed E-state index contributed by atoms with van der Waals surface area (Å²) in [6, 6.07) is 7.04. The summed E-state index contributed by atoms with van der Waals surface area (Å²) in [5.74, 6) is 1.30. The molecule has 1 unspecified atom stereocenters. The number of nitrogens with two attached hydrogens (primary N) is 1. The van der Waals surface area contributed by atoms with Crippen LogP contribution in [0, 0.1) is 5.92 Å². The number of aliphatic hydroxyl groups excluding tert-OH is 1. The molecule has 3 rings (SSSR count). The van der Waals surface area contributed by atoms with E-state index in [-0.39, 0.29) is 12.1 Å². The highest BCUT2D eigenvalue weighted by molar-refractivity contribution is 5.36. The van der Waals surface area contributed by atoms with E-state index in [2.05, 4.69) is 18.2 Å². The zero-order valence-electron chi connectivity index (χ0n) is 13.7. The number of hydrogen-bond donors (Lipinski definition) is 2. The molecule has 2 aliphatic rings. The molecule has 0 spiro atoms. The first-order valence-electron chi connectivity index (χ1n) is 8.64. The van der Waals surface area contributed by atoms with Crippen LogP contribution in [0.5, 0.6) is 0 Å². The molecule has 122 valence electrons. The summed E-state index contributed by atoms with van der Waals surface area (Å²) in [5, 5.41) is 9.45. The van der Waals surface area contributed by atoms with Gasteiger partial charge in [0, 0.05) is 19.3 Å². The van der Waals surface area contributed by atoms with Crippen molar-refractivity contribution in [2.45, 2.75) is 56.4 Å². The molecule has 1 aromatic rings. The van der Waals surface area contributed by atoms with E-state index in [9.17, 15) is 5.11 Å². The van der Waals surface area contributed by atoms with Crippen molar-refractivity contribution in [3.8, 4) is 0 Å². The first-order chi connectivity index (χ1) is 10.6. The Kier molecular flexibility index (Phi) is 4.86. The maximum Gasteiger partial charge on any atom is 0.0611 e. The van der Waals surface area contributed by atoms with Gasteiger partial charge >= 0.3 is 0 Å². The van der Waals surface area contributed by atoms with Crippen LogP contribution in [0.4, 0.5) is 0 Å². The molecule has 0 heterocycles. The molecule has 3 nitrogen and oxygen atoms in total. The lowest BCUT2D eigenvalue weighted by Gasteiger charge is -2.26. The van der Waals surface area contributed by atoms with Crippen LogP contribution < -0.4 is 5.73 Å². The summed E-state index contributed by atoms with van der Waals surface area (Å²) in [4.78, 5) is 0. The lowest BCUT2D eigenvalue weighted by molar-refractivity contribution is 0.173. The Morgan fingerprint density at radius 3 is 2.91 bits per heavy atom. The molecular formula is C19H29NO2. The van der Waals surface area contributed by atoms with Gasteiger partial charge in [0.2, 0.25) is 0 Å². The summed E-state index contributed by atoms with van der Waals surface area (Å²) >= 11 is 0. The highest BCUT2D eigenvalue weighted by Gasteiger charge is 2.36. The molecule has 0 aromatic heterocycles. The molecule has 2 aliphatic carbocycles. The zero-order valence-corrected chi connectivity index (χ0v) is 13.7. The van der Waals surface area contributed by atoms with Gasteiger partial charge in [0.15, 0.2) is 0 Å². The second-order valence-corrected chi connectivity index (χ2v) is 7.38. The van der Waals surface area contributed by atoms with E-state index in [1.165, 1.54) is 42.4 Å². The van der Waals surface area contributed by atoms with Crippen LogP contribution >= 0.6 is 0 Å². The Bertz CT molecular complexity index is 516. The Balaban J connectivity index is 1.68. The molecule has 3 heteroatoms. The number of hydrogen-bond acceptors (Lipinski definition) is 3. The molecule has 1 saturated carbocycles. The van der Waals surface area contributed by atoms with E-state index in [0.29, 0.717) is 5.92 Å². The lowest BCUT2D eigenvalue weighted by Crippen LogP contribution is -2.40. The standard InChI is InChI=1S/C19H29NO2/c1-22-9-7-14-2-3-16-11-17(5-4-15(16)10-14)18-6-8-19(20,12-18)13-21/h4-5,11,14,18,21H,2-3,6-10,12-13,20H2,1H3/t14?,18-,19+/m0/s1. The summed E-state index contributed by atoms with van der Waals surface area (Å²) in [6.45, 7) is 0.982. The minimum atomic E-state index is -0.355. The Morgan fingerprint density at radius 1 is 1.32 bits per heavy atom. The van der Waals surface area contributed by atoms with Crippen molar-refractivity contribution in [3.05, 3.63) is 34.9 Å². The monoisotopic (exact) mass is 303 g/mol. The molecule has 0 saturated heterocycles. The summed E-state index contributed by atoms with van der Waals surface area (Å²) < 4.78 is 5.22. The fourth-order valence-corrected chi connectivity index (χ4v) is 4.22. The number of fused-ring (bicyclic) bond motifs is 1. The van der Waals surface area contributed by atoms with Gasteiger partial charge in [-0.1, -0.05) is 18.2 Å². The number of aryl methyl sites for hydroxylation is 1. The van der Waals surface area contributed by atoms with Crippen LogP contribution in [-0.2, 0) is 17.6 Å². The van der Waals surface area contributed by atoms with Gasteiger partial charge < -0.3 is 15.6 Å². The first-order valence-corrected chi connectivity index (χ1v) is 8.64. The maximum absolute atomic E-state index is 9.45. The van der Waals surface area contributed by atoms with Gasteiger partial charge in [0.1, 0.15) is 0 Å². The van der Waals surface area contributed by atoms with Gasteiger partial charge in [-0.3, -0.25) is 0 Å². The first kappa shape index (κ1) is 16.0. The minimum Gasteiger partial charge on any atom is -0.394 e. The smallest absolute Gasteiger partial charge is 0.0611 e. The number of ether oxygens (including phenoxy) is 1. The lowest BCUT2D eigenvalue weighted by atomic mass is 9.80. The van der Waals surface area contributed by atoms with Gasteiger partial charge in [0.25, 0.3) is 0 Å². The minimum absolute atomic E-state index is 0.107. The van der Waals surface area contributed by atoms with Crippen molar-refractivity contribution in [1.29, 1.82) is 0 Å². The van der Waals surface area contributed by atoms with E-state index in [4.69, 9.17) is 10.5 Å². The predicted molar refractivity (Wildman–Crippen MR) is 89.0 cm³/mol. The van der Waals surface area contributed by atoms with Gasteiger partial charge in [-0.05, 0) is 73.5 Å². The van der Waals surface area contributed by atoms with Gasteiger partial charge in [0.05, 0.1) is 6.61 Å². The Morgan fingerprint density at radius 2 is 2.18 bits per heavy atom. The van der Waals surface area contributed by atoms with Crippen LogP contribution in [0.15, 0.2) is 18.2 Å². The topological polar surface area (TPSA) is 55.5 Å². The summed E-state index contributed by atoms with van der Waals surface area (Å²) in [6.07, 6.45) is 7.79. The molecule has 3 atom stereocenters. The van der Waals surface area contributed by atoms with E-state index >= 15 is 0 Å². The fraction of sp³-hybridized carbons (Fsp3) is 0.684. The number of rotatable bonds is 5. The zero-order chi connectivity index (χ0) is 15.6. The number of benzene rings is 1. The van der Waals surface area contributed by atoms with E-state index in [1.54, 1.807) is 7.11 Å². The Hall–Kier alpha value is -0.900. The average molecular weight is 303 g/mol. The number of methoxy groups -OCH3 is 1. The second-order valence-electron chi connectivity index (χ2n) is 7.38. The molecule has 22 heavy (non-hydrogen) atoms. The SMILES string of the molecule is COCCC1CCc2cc([C@H]3CC[C@](N)(CO)C3)ccc2C1. The van der Waals surface area contributed by atoms with Crippen LogP contribution in [-0.4, -0.2) is 31.0 Å². The molecule has 0 amide bonds.